The number of nitrogens with one attached hydrogen (secondary N) is 1. The van der Waals surface area contributed by atoms with Gasteiger partial charge in [0, 0.05) is 18.6 Å². The summed E-state index contributed by atoms with van der Waals surface area (Å²) in [5, 5.41) is 10.9. The van der Waals surface area contributed by atoms with Crippen LogP contribution < -0.4 is 5.32 Å². The smallest absolute Gasteiger partial charge is 0.230 e. The van der Waals surface area contributed by atoms with Crippen LogP contribution in [-0.4, -0.2) is 43.6 Å². The van der Waals surface area contributed by atoms with Crippen molar-refractivity contribution < 1.29 is 8.42 Å². The molecule has 0 amide bonds. The summed E-state index contributed by atoms with van der Waals surface area (Å²) in [6.07, 6.45) is 1.56. The highest BCUT2D eigenvalue weighted by Crippen LogP contribution is 2.24. The van der Waals surface area contributed by atoms with E-state index >= 15 is 0 Å². The van der Waals surface area contributed by atoms with Crippen LogP contribution in [-0.2, 0) is 10.0 Å². The molecule has 5 nitrogen and oxygen atoms in total. The first kappa shape index (κ1) is 13.4. The molecule has 1 N–H and O–H groups in total. The van der Waals surface area contributed by atoms with E-state index in [1.807, 2.05) is 7.05 Å². The van der Waals surface area contributed by atoms with Crippen LogP contribution in [0, 0.1) is 11.3 Å². The van der Waals surface area contributed by atoms with Gasteiger partial charge in [-0.05, 0) is 33.7 Å². The standard InChI is InChI=1S/C10H19N3O2S/c1-9(8-11)16(14,15)13-6-4-10(2,12-3)5-7-13/h9,12H,4-7H2,1-3H3. The lowest BCUT2D eigenvalue weighted by Gasteiger charge is -2.38. The molecule has 1 aliphatic heterocycles. The molecule has 0 spiro atoms. The van der Waals surface area contributed by atoms with Gasteiger partial charge in [0.05, 0.1) is 6.07 Å². The van der Waals surface area contributed by atoms with Gasteiger partial charge in [0.2, 0.25) is 10.0 Å². The van der Waals surface area contributed by atoms with Gasteiger partial charge in [-0.15, -0.1) is 0 Å². The quantitative estimate of drug-likeness (QED) is 0.776. The van der Waals surface area contributed by atoms with Crippen LogP contribution in [0.2, 0.25) is 0 Å². The number of sulfonamides is 1. The van der Waals surface area contributed by atoms with E-state index in [0.717, 1.165) is 12.8 Å². The second kappa shape index (κ2) is 4.70. The highest BCUT2D eigenvalue weighted by molar-refractivity contribution is 7.89. The van der Waals surface area contributed by atoms with E-state index in [1.165, 1.54) is 11.2 Å². The Hall–Kier alpha value is -0.640. The van der Waals surface area contributed by atoms with Crippen LogP contribution in [0.5, 0.6) is 0 Å². The Morgan fingerprint density at radius 1 is 1.44 bits per heavy atom. The second-order valence-corrected chi connectivity index (χ2v) is 6.78. The largest absolute Gasteiger partial charge is 0.314 e. The summed E-state index contributed by atoms with van der Waals surface area (Å²) >= 11 is 0. The van der Waals surface area contributed by atoms with Crippen LogP contribution in [0.25, 0.3) is 0 Å². The van der Waals surface area contributed by atoms with Crippen molar-refractivity contribution in [1.29, 1.82) is 5.26 Å². The van der Waals surface area contributed by atoms with Crippen LogP contribution in [0.15, 0.2) is 0 Å². The molecule has 0 aromatic heterocycles. The zero-order valence-electron chi connectivity index (χ0n) is 10.0. The zero-order valence-corrected chi connectivity index (χ0v) is 10.8. The van der Waals surface area contributed by atoms with Gasteiger partial charge in [0.1, 0.15) is 0 Å². The Kier molecular flexibility index (Phi) is 3.94. The maximum absolute atomic E-state index is 11.9. The fourth-order valence-electron chi connectivity index (χ4n) is 1.77. The molecule has 0 bridgehead atoms. The summed E-state index contributed by atoms with van der Waals surface area (Å²) in [6, 6.07) is 1.79. The van der Waals surface area contributed by atoms with Crippen LogP contribution in [0.1, 0.15) is 26.7 Å². The lowest BCUT2D eigenvalue weighted by atomic mass is 9.91. The molecule has 0 aromatic rings. The molecule has 1 heterocycles. The van der Waals surface area contributed by atoms with Crippen molar-refractivity contribution in [3.8, 4) is 6.07 Å². The molecule has 0 radical (unpaired) electrons. The topological polar surface area (TPSA) is 73.2 Å². The predicted molar refractivity (Wildman–Crippen MR) is 62.3 cm³/mol. The Balaban J connectivity index is 2.72. The van der Waals surface area contributed by atoms with Gasteiger partial charge in [-0.3, -0.25) is 0 Å². The number of nitrogens with zero attached hydrogens (tertiary/aromatic N) is 2. The monoisotopic (exact) mass is 245 g/mol. The SMILES string of the molecule is CNC1(C)CCN(S(=O)(=O)C(C)C#N)CC1. The van der Waals surface area contributed by atoms with Crippen molar-refractivity contribution in [2.24, 2.45) is 0 Å². The minimum atomic E-state index is -3.43. The molecule has 1 unspecified atom stereocenters. The van der Waals surface area contributed by atoms with Crippen molar-refractivity contribution in [2.75, 3.05) is 20.1 Å². The molecule has 1 saturated heterocycles. The molecule has 16 heavy (non-hydrogen) atoms. The third-order valence-electron chi connectivity index (χ3n) is 3.42. The second-order valence-electron chi connectivity index (χ2n) is 4.53. The Labute approximate surface area is 97.5 Å². The molecule has 0 saturated carbocycles. The third kappa shape index (κ3) is 2.54. The number of hydrogen-bond donors (Lipinski definition) is 1. The number of hydrogen-bond acceptors (Lipinski definition) is 4. The molecule has 1 atom stereocenters. The normalized spacial score (nSPS) is 23.6. The van der Waals surface area contributed by atoms with Gasteiger partial charge >= 0.3 is 0 Å². The van der Waals surface area contributed by atoms with Crippen molar-refractivity contribution in [3.05, 3.63) is 0 Å². The molecule has 1 fully saturated rings. The highest BCUT2D eigenvalue weighted by Gasteiger charge is 2.36. The average Bonchev–Trinajstić information content (AvgIpc) is 2.28. The van der Waals surface area contributed by atoms with Gasteiger partial charge in [-0.25, -0.2) is 12.7 Å². The molecule has 1 rings (SSSR count). The van der Waals surface area contributed by atoms with E-state index in [2.05, 4.69) is 12.2 Å². The first-order valence-corrected chi connectivity index (χ1v) is 6.93. The van der Waals surface area contributed by atoms with Crippen LogP contribution in [0.4, 0.5) is 0 Å². The molecular formula is C10H19N3O2S. The maximum Gasteiger partial charge on any atom is 0.230 e. The maximum atomic E-state index is 11.9. The van der Waals surface area contributed by atoms with Crippen molar-refractivity contribution in [2.45, 2.75) is 37.5 Å². The Morgan fingerprint density at radius 2 is 1.94 bits per heavy atom. The van der Waals surface area contributed by atoms with Gasteiger partial charge in [0.15, 0.2) is 5.25 Å². The Morgan fingerprint density at radius 3 is 2.31 bits per heavy atom. The summed E-state index contributed by atoms with van der Waals surface area (Å²) in [4.78, 5) is 0. The van der Waals surface area contributed by atoms with E-state index in [1.54, 1.807) is 6.07 Å². The van der Waals surface area contributed by atoms with Gasteiger partial charge in [-0.2, -0.15) is 5.26 Å². The molecule has 92 valence electrons. The minimum absolute atomic E-state index is 0.0158. The molecular weight excluding hydrogens is 226 g/mol. The fourth-order valence-corrected chi connectivity index (χ4v) is 3.05. The van der Waals surface area contributed by atoms with E-state index in [-0.39, 0.29) is 5.54 Å². The van der Waals surface area contributed by atoms with Gasteiger partial charge in [-0.1, -0.05) is 0 Å². The fraction of sp³-hybridized carbons (Fsp3) is 0.900. The molecule has 0 aliphatic carbocycles. The first-order chi connectivity index (χ1) is 7.35. The zero-order chi connectivity index (χ0) is 12.4. The Bertz CT molecular complexity index is 377. The van der Waals surface area contributed by atoms with Gasteiger partial charge < -0.3 is 5.32 Å². The molecule has 6 heteroatoms. The average molecular weight is 245 g/mol. The lowest BCUT2D eigenvalue weighted by Crippen LogP contribution is -2.52. The first-order valence-electron chi connectivity index (χ1n) is 5.43. The van der Waals surface area contributed by atoms with E-state index in [0.29, 0.717) is 13.1 Å². The predicted octanol–water partition coefficient (Wildman–Crippen LogP) is 0.302. The van der Waals surface area contributed by atoms with Crippen LogP contribution >= 0.6 is 0 Å². The van der Waals surface area contributed by atoms with E-state index in [9.17, 15) is 8.42 Å². The van der Waals surface area contributed by atoms with E-state index < -0.39 is 15.3 Å². The number of piperidine rings is 1. The molecule has 1 aliphatic rings. The summed E-state index contributed by atoms with van der Waals surface area (Å²) in [6.45, 7) is 4.50. The number of rotatable bonds is 3. The van der Waals surface area contributed by atoms with Crippen molar-refractivity contribution in [3.63, 3.8) is 0 Å². The highest BCUT2D eigenvalue weighted by atomic mass is 32.2. The summed E-state index contributed by atoms with van der Waals surface area (Å²) in [5.74, 6) is 0. The third-order valence-corrected chi connectivity index (χ3v) is 5.50. The van der Waals surface area contributed by atoms with Crippen molar-refractivity contribution >= 4 is 10.0 Å². The minimum Gasteiger partial charge on any atom is -0.314 e. The lowest BCUT2D eigenvalue weighted by molar-refractivity contribution is 0.219. The summed E-state index contributed by atoms with van der Waals surface area (Å²) < 4.78 is 25.2. The summed E-state index contributed by atoms with van der Waals surface area (Å²) in [5.41, 5.74) is 0.0158. The molecule has 0 aromatic carbocycles. The van der Waals surface area contributed by atoms with E-state index in [4.69, 9.17) is 5.26 Å². The van der Waals surface area contributed by atoms with Gasteiger partial charge in [0.25, 0.3) is 0 Å². The summed E-state index contributed by atoms with van der Waals surface area (Å²) in [7, 11) is -1.54. The van der Waals surface area contributed by atoms with Crippen molar-refractivity contribution in [1.82, 2.24) is 9.62 Å². The number of nitriles is 1. The van der Waals surface area contributed by atoms with Crippen LogP contribution in [0.3, 0.4) is 0 Å².